The van der Waals surface area contributed by atoms with Crippen LogP contribution >= 0.6 is 0 Å². The molecule has 2 N–H and O–H groups in total. The van der Waals surface area contributed by atoms with Gasteiger partial charge in [0.1, 0.15) is 5.76 Å². The predicted octanol–water partition coefficient (Wildman–Crippen LogP) is 3.15. The molecule has 2 nitrogen and oxygen atoms in total. The van der Waals surface area contributed by atoms with Gasteiger partial charge in [-0.1, -0.05) is 19.8 Å². The molecule has 0 saturated heterocycles. The number of furan rings is 1. The van der Waals surface area contributed by atoms with E-state index in [1.54, 1.807) is 6.26 Å². The molecular formula is C13H21NO. The van der Waals surface area contributed by atoms with Crippen LogP contribution in [-0.2, 0) is 0 Å². The highest BCUT2D eigenvalue weighted by molar-refractivity contribution is 5.08. The largest absolute Gasteiger partial charge is 0.469 e. The van der Waals surface area contributed by atoms with E-state index < -0.39 is 0 Å². The van der Waals surface area contributed by atoms with E-state index in [1.807, 2.05) is 6.07 Å². The van der Waals surface area contributed by atoms with Crippen molar-refractivity contribution >= 4 is 0 Å². The number of nitrogens with two attached hydrogens (primary N) is 1. The molecule has 1 aliphatic carbocycles. The second-order valence-electron chi connectivity index (χ2n) is 4.88. The Hall–Kier alpha value is -0.760. The zero-order valence-corrected chi connectivity index (χ0v) is 9.49. The Morgan fingerprint density at radius 2 is 2.13 bits per heavy atom. The minimum Gasteiger partial charge on any atom is -0.469 e. The van der Waals surface area contributed by atoms with Crippen molar-refractivity contribution in [3.05, 3.63) is 24.2 Å². The first-order valence-corrected chi connectivity index (χ1v) is 6.04. The van der Waals surface area contributed by atoms with Crippen LogP contribution in [0.2, 0.25) is 0 Å². The van der Waals surface area contributed by atoms with Crippen molar-refractivity contribution in [1.82, 2.24) is 0 Å². The summed E-state index contributed by atoms with van der Waals surface area (Å²) in [5.74, 6) is 3.15. The number of hydrogen-bond acceptors (Lipinski definition) is 2. The lowest BCUT2D eigenvalue weighted by atomic mass is 9.75. The van der Waals surface area contributed by atoms with Crippen molar-refractivity contribution in [2.45, 2.75) is 38.5 Å². The van der Waals surface area contributed by atoms with Gasteiger partial charge in [-0.25, -0.2) is 0 Å². The fraction of sp³-hybridized carbons (Fsp3) is 0.692. The fourth-order valence-corrected chi connectivity index (χ4v) is 2.73. The molecule has 0 radical (unpaired) electrons. The van der Waals surface area contributed by atoms with Gasteiger partial charge >= 0.3 is 0 Å². The van der Waals surface area contributed by atoms with Gasteiger partial charge in [-0.2, -0.15) is 0 Å². The normalized spacial score (nSPS) is 28.9. The highest BCUT2D eigenvalue weighted by Crippen LogP contribution is 2.37. The van der Waals surface area contributed by atoms with Crippen LogP contribution in [-0.4, -0.2) is 6.54 Å². The summed E-state index contributed by atoms with van der Waals surface area (Å²) in [4.78, 5) is 0. The summed E-state index contributed by atoms with van der Waals surface area (Å²) in [6, 6.07) is 4.03. The third-order valence-electron chi connectivity index (χ3n) is 3.79. The van der Waals surface area contributed by atoms with Crippen LogP contribution in [0.1, 0.15) is 44.3 Å². The van der Waals surface area contributed by atoms with Gasteiger partial charge < -0.3 is 10.2 Å². The Morgan fingerprint density at radius 1 is 1.40 bits per heavy atom. The standard InChI is InChI=1S/C13H21NO/c1-10-4-6-11(7-5-10)12(9-14)13-3-2-8-15-13/h2-3,8,10-12H,4-7,9,14H2,1H3. The monoisotopic (exact) mass is 207 g/mol. The third-order valence-corrected chi connectivity index (χ3v) is 3.79. The number of rotatable bonds is 3. The van der Waals surface area contributed by atoms with Gasteiger partial charge in [0.25, 0.3) is 0 Å². The van der Waals surface area contributed by atoms with E-state index in [2.05, 4.69) is 13.0 Å². The van der Waals surface area contributed by atoms with Crippen molar-refractivity contribution in [1.29, 1.82) is 0 Å². The van der Waals surface area contributed by atoms with E-state index in [1.165, 1.54) is 25.7 Å². The Morgan fingerprint density at radius 3 is 2.67 bits per heavy atom. The van der Waals surface area contributed by atoms with Crippen LogP contribution in [0.15, 0.2) is 22.8 Å². The summed E-state index contributed by atoms with van der Waals surface area (Å²) in [5.41, 5.74) is 5.87. The maximum atomic E-state index is 5.87. The molecular weight excluding hydrogens is 186 g/mol. The molecule has 1 heterocycles. The molecule has 0 amide bonds. The van der Waals surface area contributed by atoms with Crippen molar-refractivity contribution in [2.75, 3.05) is 6.54 Å². The SMILES string of the molecule is CC1CCC(C(CN)c2ccco2)CC1. The second kappa shape index (κ2) is 4.84. The molecule has 84 valence electrons. The lowest BCUT2D eigenvalue weighted by Gasteiger charge is -2.31. The van der Waals surface area contributed by atoms with Gasteiger partial charge in [0.15, 0.2) is 0 Å². The molecule has 1 fully saturated rings. The highest BCUT2D eigenvalue weighted by atomic mass is 16.3. The molecule has 15 heavy (non-hydrogen) atoms. The molecule has 2 heteroatoms. The average molecular weight is 207 g/mol. The van der Waals surface area contributed by atoms with E-state index in [4.69, 9.17) is 10.2 Å². The van der Waals surface area contributed by atoms with E-state index >= 15 is 0 Å². The van der Waals surface area contributed by atoms with Crippen LogP contribution in [0, 0.1) is 11.8 Å². The van der Waals surface area contributed by atoms with Crippen molar-refractivity contribution in [2.24, 2.45) is 17.6 Å². The van der Waals surface area contributed by atoms with Crippen molar-refractivity contribution in [3.63, 3.8) is 0 Å². The Balaban J connectivity index is 2.01. The van der Waals surface area contributed by atoms with Gasteiger partial charge in [0.2, 0.25) is 0 Å². The lowest BCUT2D eigenvalue weighted by molar-refractivity contribution is 0.239. The molecule has 2 rings (SSSR count). The second-order valence-corrected chi connectivity index (χ2v) is 4.88. The van der Waals surface area contributed by atoms with E-state index in [0.29, 0.717) is 12.5 Å². The summed E-state index contributed by atoms with van der Waals surface area (Å²) >= 11 is 0. The number of hydrogen-bond donors (Lipinski definition) is 1. The summed E-state index contributed by atoms with van der Waals surface area (Å²) in [5, 5.41) is 0. The van der Waals surface area contributed by atoms with Crippen LogP contribution in [0.25, 0.3) is 0 Å². The summed E-state index contributed by atoms with van der Waals surface area (Å²) in [6.45, 7) is 3.06. The molecule has 1 aromatic heterocycles. The smallest absolute Gasteiger partial charge is 0.108 e. The maximum absolute atomic E-state index is 5.87. The summed E-state index contributed by atoms with van der Waals surface area (Å²) < 4.78 is 5.49. The highest BCUT2D eigenvalue weighted by Gasteiger charge is 2.27. The van der Waals surface area contributed by atoms with Crippen LogP contribution in [0.4, 0.5) is 0 Å². The minimum absolute atomic E-state index is 0.437. The molecule has 0 bridgehead atoms. The van der Waals surface area contributed by atoms with Crippen molar-refractivity contribution in [3.8, 4) is 0 Å². The average Bonchev–Trinajstić information content (AvgIpc) is 2.75. The van der Waals surface area contributed by atoms with Crippen molar-refractivity contribution < 1.29 is 4.42 Å². The van der Waals surface area contributed by atoms with Gasteiger partial charge in [0, 0.05) is 12.5 Å². The molecule has 0 aromatic carbocycles. The molecule has 0 spiro atoms. The lowest BCUT2D eigenvalue weighted by Crippen LogP contribution is -2.25. The van der Waals surface area contributed by atoms with Gasteiger partial charge in [-0.15, -0.1) is 0 Å². The first kappa shape index (κ1) is 10.7. The molecule has 0 aliphatic heterocycles. The molecule has 1 aromatic rings. The minimum atomic E-state index is 0.437. The first-order valence-electron chi connectivity index (χ1n) is 6.04. The van der Waals surface area contributed by atoms with Gasteiger partial charge in [-0.05, 0) is 36.8 Å². The van der Waals surface area contributed by atoms with E-state index in [-0.39, 0.29) is 0 Å². The molecule has 1 atom stereocenters. The van der Waals surface area contributed by atoms with E-state index in [9.17, 15) is 0 Å². The Labute approximate surface area is 91.8 Å². The quantitative estimate of drug-likeness (QED) is 0.827. The topological polar surface area (TPSA) is 39.2 Å². The molecule has 1 saturated carbocycles. The third kappa shape index (κ3) is 2.43. The zero-order valence-electron chi connectivity index (χ0n) is 9.49. The van der Waals surface area contributed by atoms with Crippen LogP contribution in [0.5, 0.6) is 0 Å². The van der Waals surface area contributed by atoms with Gasteiger partial charge in [0.05, 0.1) is 6.26 Å². The van der Waals surface area contributed by atoms with Crippen LogP contribution < -0.4 is 5.73 Å². The van der Waals surface area contributed by atoms with Gasteiger partial charge in [-0.3, -0.25) is 0 Å². The molecule has 1 unspecified atom stereocenters. The Kier molecular flexibility index (Phi) is 3.47. The fourth-order valence-electron chi connectivity index (χ4n) is 2.73. The predicted molar refractivity (Wildman–Crippen MR) is 61.6 cm³/mol. The Bertz CT molecular complexity index is 273. The first-order chi connectivity index (χ1) is 7.31. The van der Waals surface area contributed by atoms with Crippen LogP contribution in [0.3, 0.4) is 0 Å². The maximum Gasteiger partial charge on any atom is 0.108 e. The molecule has 1 aliphatic rings. The summed E-state index contributed by atoms with van der Waals surface area (Å²) in [7, 11) is 0. The summed E-state index contributed by atoms with van der Waals surface area (Å²) in [6.07, 6.45) is 7.07. The zero-order chi connectivity index (χ0) is 10.7. The van der Waals surface area contributed by atoms with E-state index in [0.717, 1.165) is 17.6 Å².